The van der Waals surface area contributed by atoms with Crippen LogP contribution >= 0.6 is 0 Å². The van der Waals surface area contributed by atoms with Crippen LogP contribution in [0.15, 0.2) is 30.5 Å². The predicted molar refractivity (Wildman–Crippen MR) is 68.9 cm³/mol. The van der Waals surface area contributed by atoms with Crippen LogP contribution in [0.5, 0.6) is 0 Å². The van der Waals surface area contributed by atoms with E-state index in [-0.39, 0.29) is 12.1 Å². The molecule has 3 rings (SSSR count). The van der Waals surface area contributed by atoms with Crippen LogP contribution in [0.3, 0.4) is 0 Å². The van der Waals surface area contributed by atoms with Crippen molar-refractivity contribution >= 4 is 10.9 Å². The summed E-state index contributed by atoms with van der Waals surface area (Å²) >= 11 is 0. The van der Waals surface area contributed by atoms with Crippen LogP contribution in [0, 0.1) is 0 Å². The third kappa shape index (κ3) is 1.75. The Morgan fingerprint density at radius 3 is 3.12 bits per heavy atom. The fraction of sp³-hybridized carbons (Fsp3) is 0.429. The largest absolute Gasteiger partial charge is 0.378 e. The number of nitrogens with zero attached hydrogens (tertiary/aromatic N) is 1. The number of piperidine rings is 1. The molecule has 1 fully saturated rings. The van der Waals surface area contributed by atoms with Gasteiger partial charge < -0.3 is 10.1 Å². The first-order valence-corrected chi connectivity index (χ1v) is 6.21. The number of likely N-dealkylation sites (tertiary alicyclic amines) is 1. The summed E-state index contributed by atoms with van der Waals surface area (Å²) in [5.41, 5.74) is 2.42. The molecule has 1 aliphatic heterocycles. The first-order valence-electron chi connectivity index (χ1n) is 6.21. The molecule has 3 nitrogen and oxygen atoms in total. The zero-order valence-corrected chi connectivity index (χ0v) is 10.1. The van der Waals surface area contributed by atoms with E-state index >= 15 is 0 Å². The average Bonchev–Trinajstić information content (AvgIpc) is 2.81. The lowest BCUT2D eigenvalue weighted by molar-refractivity contribution is -0.0234. The number of H-pyrrole nitrogens is 1. The first kappa shape index (κ1) is 10.8. The van der Waals surface area contributed by atoms with Crippen molar-refractivity contribution in [3.63, 3.8) is 0 Å². The van der Waals surface area contributed by atoms with E-state index in [2.05, 4.69) is 29.2 Å². The van der Waals surface area contributed by atoms with E-state index in [0.29, 0.717) is 0 Å². The third-order valence-corrected chi connectivity index (χ3v) is 3.87. The minimum absolute atomic E-state index is 0.230. The van der Waals surface area contributed by atoms with Crippen molar-refractivity contribution in [3.8, 4) is 0 Å². The summed E-state index contributed by atoms with van der Waals surface area (Å²) in [6.45, 7) is 0.987. The lowest BCUT2D eigenvalue weighted by atomic mass is 9.87. The van der Waals surface area contributed by atoms with Crippen molar-refractivity contribution in [2.24, 2.45) is 0 Å². The number of aromatic amines is 1. The Hall–Kier alpha value is -1.32. The van der Waals surface area contributed by atoms with Gasteiger partial charge in [0.2, 0.25) is 0 Å². The molecular formula is C14H18N2O. The second kappa shape index (κ2) is 4.17. The minimum Gasteiger partial charge on any atom is -0.378 e. The molecule has 0 radical (unpaired) electrons. The summed E-state index contributed by atoms with van der Waals surface area (Å²) in [4.78, 5) is 5.27. The van der Waals surface area contributed by atoms with Crippen molar-refractivity contribution in [1.82, 2.24) is 9.88 Å². The number of aromatic nitrogens is 1. The molecule has 3 heteroatoms. The van der Waals surface area contributed by atoms with Crippen LogP contribution in [0.25, 0.3) is 10.9 Å². The molecule has 0 aliphatic carbocycles. The second-order valence-electron chi connectivity index (χ2n) is 4.93. The van der Waals surface area contributed by atoms with E-state index < -0.39 is 0 Å². The number of aliphatic hydroxyl groups excluding tert-OH is 1. The van der Waals surface area contributed by atoms with E-state index in [9.17, 15) is 5.11 Å². The molecule has 2 heterocycles. The van der Waals surface area contributed by atoms with Gasteiger partial charge in [-0.3, -0.25) is 4.90 Å². The quantitative estimate of drug-likeness (QED) is 0.789. The van der Waals surface area contributed by atoms with E-state index in [1.165, 1.54) is 10.9 Å². The number of fused-ring (bicyclic) bond motifs is 1. The number of hydrogen-bond donors (Lipinski definition) is 2. The highest BCUT2D eigenvalue weighted by Crippen LogP contribution is 2.34. The second-order valence-corrected chi connectivity index (χ2v) is 4.93. The van der Waals surface area contributed by atoms with E-state index in [1.807, 2.05) is 18.1 Å². The summed E-state index contributed by atoms with van der Waals surface area (Å²) in [6, 6.07) is 8.39. The molecule has 1 aromatic carbocycles. The number of aliphatic hydroxyl groups is 1. The zero-order chi connectivity index (χ0) is 11.8. The normalized spacial score (nSPS) is 26.5. The fourth-order valence-electron chi connectivity index (χ4n) is 2.90. The Morgan fingerprint density at radius 2 is 2.24 bits per heavy atom. The van der Waals surface area contributed by atoms with Gasteiger partial charge in [-0.15, -0.1) is 0 Å². The Balaban J connectivity index is 2.05. The van der Waals surface area contributed by atoms with Gasteiger partial charge in [0.05, 0.1) is 0 Å². The van der Waals surface area contributed by atoms with Gasteiger partial charge in [-0.25, -0.2) is 0 Å². The van der Waals surface area contributed by atoms with Gasteiger partial charge in [0, 0.05) is 29.6 Å². The van der Waals surface area contributed by atoms with Gasteiger partial charge in [0.25, 0.3) is 0 Å². The maximum absolute atomic E-state index is 10.3. The monoisotopic (exact) mass is 230 g/mol. The highest BCUT2D eigenvalue weighted by molar-refractivity contribution is 5.83. The zero-order valence-electron chi connectivity index (χ0n) is 10.1. The number of benzene rings is 1. The van der Waals surface area contributed by atoms with E-state index in [4.69, 9.17) is 0 Å². The molecule has 17 heavy (non-hydrogen) atoms. The first-order chi connectivity index (χ1) is 8.27. The Labute approximate surface area is 101 Å². The Kier molecular flexibility index (Phi) is 2.65. The molecule has 2 aromatic rings. The van der Waals surface area contributed by atoms with Crippen molar-refractivity contribution in [1.29, 1.82) is 0 Å². The van der Waals surface area contributed by atoms with Crippen molar-refractivity contribution in [2.75, 3.05) is 13.6 Å². The third-order valence-electron chi connectivity index (χ3n) is 3.87. The molecule has 2 unspecified atom stereocenters. The maximum Gasteiger partial charge on any atom is 0.114 e. The fourth-order valence-corrected chi connectivity index (χ4v) is 2.90. The summed E-state index contributed by atoms with van der Waals surface area (Å²) in [7, 11) is 1.99. The van der Waals surface area contributed by atoms with Crippen LogP contribution in [-0.4, -0.2) is 34.8 Å². The Bertz CT molecular complexity index is 520. The van der Waals surface area contributed by atoms with E-state index in [1.54, 1.807) is 0 Å². The van der Waals surface area contributed by atoms with Gasteiger partial charge in [-0.05, 0) is 37.6 Å². The number of nitrogens with one attached hydrogen (secondary N) is 1. The molecule has 2 N–H and O–H groups in total. The lowest BCUT2D eigenvalue weighted by Crippen LogP contribution is -2.41. The summed E-state index contributed by atoms with van der Waals surface area (Å²) in [5.74, 6) is 0.230. The van der Waals surface area contributed by atoms with Crippen molar-refractivity contribution in [3.05, 3.63) is 36.0 Å². The van der Waals surface area contributed by atoms with Crippen molar-refractivity contribution < 1.29 is 5.11 Å². The molecule has 2 atom stereocenters. The maximum atomic E-state index is 10.3. The van der Waals surface area contributed by atoms with Crippen LogP contribution < -0.4 is 0 Å². The van der Waals surface area contributed by atoms with Crippen LogP contribution in [0.1, 0.15) is 24.3 Å². The minimum atomic E-state index is -0.357. The number of hydrogen-bond acceptors (Lipinski definition) is 2. The molecule has 0 amide bonds. The molecule has 1 aromatic heterocycles. The standard InChI is InChI=1S/C14H18N2O/c1-16-9-3-5-12(14(16)17)10-4-2-6-13-11(10)7-8-15-13/h2,4,6-8,12,14-15,17H,3,5,9H2,1H3. The molecule has 0 saturated carbocycles. The lowest BCUT2D eigenvalue weighted by Gasteiger charge is -2.36. The predicted octanol–water partition coefficient (Wildman–Crippen LogP) is 2.30. The van der Waals surface area contributed by atoms with Gasteiger partial charge in [-0.1, -0.05) is 12.1 Å². The van der Waals surface area contributed by atoms with Gasteiger partial charge in [-0.2, -0.15) is 0 Å². The van der Waals surface area contributed by atoms with E-state index in [0.717, 1.165) is 24.9 Å². The molecule has 1 aliphatic rings. The van der Waals surface area contributed by atoms with Crippen molar-refractivity contribution in [2.45, 2.75) is 25.0 Å². The molecule has 0 bridgehead atoms. The molecular weight excluding hydrogens is 212 g/mol. The van der Waals surface area contributed by atoms with Gasteiger partial charge in [0.15, 0.2) is 0 Å². The summed E-state index contributed by atoms with van der Waals surface area (Å²) < 4.78 is 0. The highest BCUT2D eigenvalue weighted by atomic mass is 16.3. The molecule has 90 valence electrons. The van der Waals surface area contributed by atoms with Crippen LogP contribution in [-0.2, 0) is 0 Å². The summed E-state index contributed by atoms with van der Waals surface area (Å²) in [6.07, 6.45) is 3.83. The van der Waals surface area contributed by atoms with Crippen LogP contribution in [0.4, 0.5) is 0 Å². The van der Waals surface area contributed by atoms with Crippen LogP contribution in [0.2, 0.25) is 0 Å². The molecule has 0 spiro atoms. The molecule has 1 saturated heterocycles. The highest BCUT2D eigenvalue weighted by Gasteiger charge is 2.29. The topological polar surface area (TPSA) is 39.3 Å². The smallest absolute Gasteiger partial charge is 0.114 e. The Morgan fingerprint density at radius 1 is 1.35 bits per heavy atom. The summed E-state index contributed by atoms with van der Waals surface area (Å²) in [5, 5.41) is 11.5. The number of rotatable bonds is 1. The van der Waals surface area contributed by atoms with Gasteiger partial charge >= 0.3 is 0 Å². The number of likely N-dealkylation sites (N-methyl/N-ethyl adjacent to an activating group) is 1. The average molecular weight is 230 g/mol. The SMILES string of the molecule is CN1CCCC(c2cccc3[nH]ccc23)C1O. The van der Waals surface area contributed by atoms with Gasteiger partial charge in [0.1, 0.15) is 6.23 Å².